The maximum atomic E-state index is 12.7. The summed E-state index contributed by atoms with van der Waals surface area (Å²) in [7, 11) is 1.16. The van der Waals surface area contributed by atoms with Gasteiger partial charge in [0.05, 0.1) is 13.5 Å². The summed E-state index contributed by atoms with van der Waals surface area (Å²) in [4.78, 5) is 22.7. The second-order valence-corrected chi connectivity index (χ2v) is 5.27. The molecule has 0 aliphatic carbocycles. The number of halogens is 5. The van der Waals surface area contributed by atoms with E-state index in [4.69, 9.17) is 4.74 Å². The van der Waals surface area contributed by atoms with Crippen LogP contribution >= 0.6 is 0 Å². The highest BCUT2D eigenvalue weighted by Gasteiger charge is 2.62. The number of carbonyl (C=O) groups excluding carboxylic acids is 2. The van der Waals surface area contributed by atoms with Gasteiger partial charge < -0.3 is 14.2 Å². The van der Waals surface area contributed by atoms with Gasteiger partial charge in [-0.2, -0.15) is 22.0 Å². The summed E-state index contributed by atoms with van der Waals surface area (Å²) in [6, 6.07) is 3.06. The molecule has 0 amide bonds. The molecule has 0 heterocycles. The molecule has 1 aromatic carbocycles. The first-order chi connectivity index (χ1) is 11.9. The molecule has 0 fully saturated rings. The minimum Gasteiger partial charge on any atom is -0.482 e. The topological polar surface area (TPSA) is 61.8 Å². The van der Waals surface area contributed by atoms with E-state index in [2.05, 4.69) is 9.47 Å². The third kappa shape index (κ3) is 5.57. The number of aryl methyl sites for hydroxylation is 2. The molecule has 0 saturated carbocycles. The van der Waals surface area contributed by atoms with Crippen molar-refractivity contribution in [2.75, 3.05) is 13.7 Å². The smallest absolute Gasteiger partial charge is 0.482 e. The first kappa shape index (κ1) is 21.7. The first-order valence-corrected chi connectivity index (χ1v) is 7.39. The molecule has 0 aliphatic heterocycles. The zero-order valence-corrected chi connectivity index (χ0v) is 14.2. The lowest BCUT2D eigenvalue weighted by molar-refractivity contribution is -0.376. The maximum Gasteiger partial charge on any atom is 0.501 e. The Morgan fingerprint density at radius 1 is 1.04 bits per heavy atom. The van der Waals surface area contributed by atoms with Crippen LogP contribution in [0.5, 0.6) is 5.75 Å². The number of hydrogen-bond acceptors (Lipinski definition) is 5. The second kappa shape index (κ2) is 8.33. The van der Waals surface area contributed by atoms with Crippen molar-refractivity contribution in [2.24, 2.45) is 0 Å². The number of carbonyl (C=O) groups is 2. The molecule has 0 aromatic heterocycles. The van der Waals surface area contributed by atoms with Gasteiger partial charge in [-0.3, -0.25) is 4.79 Å². The van der Waals surface area contributed by atoms with Crippen LogP contribution in [0.2, 0.25) is 0 Å². The number of ether oxygens (including phenoxy) is 3. The van der Waals surface area contributed by atoms with E-state index in [1.54, 1.807) is 13.0 Å². The maximum absolute atomic E-state index is 12.7. The molecule has 0 bridgehead atoms. The van der Waals surface area contributed by atoms with Crippen molar-refractivity contribution >= 4 is 11.9 Å². The highest BCUT2D eigenvalue weighted by Crippen LogP contribution is 2.36. The van der Waals surface area contributed by atoms with E-state index in [-0.39, 0.29) is 12.2 Å². The molecule has 0 spiro atoms. The monoisotopic (exact) mass is 384 g/mol. The molecule has 5 nitrogen and oxygen atoms in total. The molecule has 1 aromatic rings. The Balaban J connectivity index is 2.94. The van der Waals surface area contributed by atoms with E-state index in [1.807, 2.05) is 6.92 Å². The largest absolute Gasteiger partial charge is 0.501 e. The summed E-state index contributed by atoms with van der Waals surface area (Å²) < 4.78 is 74.1. The molecular weight excluding hydrogens is 367 g/mol. The van der Waals surface area contributed by atoms with Crippen molar-refractivity contribution in [1.82, 2.24) is 0 Å². The molecule has 0 atom stereocenters. The first-order valence-electron chi connectivity index (χ1n) is 7.39. The molecule has 0 N–H and O–H groups in total. The Labute approximate surface area is 146 Å². The van der Waals surface area contributed by atoms with Crippen LogP contribution in [-0.2, 0) is 31.9 Å². The van der Waals surface area contributed by atoms with Crippen molar-refractivity contribution in [3.05, 3.63) is 28.8 Å². The van der Waals surface area contributed by atoms with Crippen molar-refractivity contribution in [1.29, 1.82) is 0 Å². The number of hydrogen-bond donors (Lipinski definition) is 0. The van der Waals surface area contributed by atoms with Gasteiger partial charge in [0.2, 0.25) is 0 Å². The van der Waals surface area contributed by atoms with Gasteiger partial charge >= 0.3 is 24.2 Å². The molecule has 26 heavy (non-hydrogen) atoms. The lowest BCUT2D eigenvalue weighted by Crippen LogP contribution is -2.41. The molecule has 0 aliphatic rings. The van der Waals surface area contributed by atoms with E-state index < -0.39 is 30.8 Å². The van der Waals surface area contributed by atoms with Crippen LogP contribution in [0.3, 0.4) is 0 Å². The fourth-order valence-corrected chi connectivity index (χ4v) is 2.04. The fraction of sp³-hybridized carbons (Fsp3) is 0.500. The Bertz CT molecular complexity index is 670. The van der Waals surface area contributed by atoms with E-state index in [9.17, 15) is 31.5 Å². The number of methoxy groups -OCH3 is 1. The Hall–Kier alpha value is -2.39. The van der Waals surface area contributed by atoms with Gasteiger partial charge in [0.15, 0.2) is 6.61 Å². The minimum atomic E-state index is -6.03. The summed E-state index contributed by atoms with van der Waals surface area (Å²) in [5, 5.41) is 0. The SMILES string of the molecule is CCc1cc(OCC(=O)OC(F)(F)C(F)(F)F)c(CC(=O)OC)cc1C. The number of rotatable bonds is 7. The summed E-state index contributed by atoms with van der Waals surface area (Å²) in [5.41, 5.74) is 1.88. The molecule has 0 unspecified atom stereocenters. The van der Waals surface area contributed by atoms with Crippen LogP contribution in [0, 0.1) is 6.92 Å². The van der Waals surface area contributed by atoms with Crippen LogP contribution in [0.15, 0.2) is 12.1 Å². The highest BCUT2D eigenvalue weighted by molar-refractivity contribution is 5.74. The third-order valence-electron chi connectivity index (χ3n) is 3.38. The molecule has 1 rings (SSSR count). The second-order valence-electron chi connectivity index (χ2n) is 5.27. The zero-order valence-electron chi connectivity index (χ0n) is 14.2. The summed E-state index contributed by atoms with van der Waals surface area (Å²) in [6.07, 6.45) is -11.3. The normalized spacial score (nSPS) is 11.8. The van der Waals surface area contributed by atoms with Crippen LogP contribution in [0.4, 0.5) is 22.0 Å². The number of alkyl halides is 5. The third-order valence-corrected chi connectivity index (χ3v) is 3.38. The van der Waals surface area contributed by atoms with Crippen LogP contribution in [0.1, 0.15) is 23.6 Å². The van der Waals surface area contributed by atoms with Gasteiger partial charge in [0.25, 0.3) is 0 Å². The van der Waals surface area contributed by atoms with E-state index in [0.29, 0.717) is 12.0 Å². The molecule has 0 radical (unpaired) electrons. The predicted molar refractivity (Wildman–Crippen MR) is 78.9 cm³/mol. The van der Waals surface area contributed by atoms with Crippen molar-refractivity contribution in [3.63, 3.8) is 0 Å². The quantitative estimate of drug-likeness (QED) is 0.533. The molecule has 10 heteroatoms. The van der Waals surface area contributed by atoms with Gasteiger partial charge in [-0.05, 0) is 30.5 Å². The lowest BCUT2D eigenvalue weighted by Gasteiger charge is -2.19. The van der Waals surface area contributed by atoms with Crippen molar-refractivity contribution in [3.8, 4) is 5.75 Å². The van der Waals surface area contributed by atoms with Crippen molar-refractivity contribution in [2.45, 2.75) is 39.0 Å². The van der Waals surface area contributed by atoms with Gasteiger partial charge in [-0.15, -0.1) is 0 Å². The minimum absolute atomic E-state index is 0.00914. The fourth-order valence-electron chi connectivity index (χ4n) is 2.04. The summed E-state index contributed by atoms with van der Waals surface area (Å²) in [5.74, 6) is -2.54. The average Bonchev–Trinajstić information content (AvgIpc) is 2.52. The van der Waals surface area contributed by atoms with Gasteiger partial charge in [-0.25, -0.2) is 4.79 Å². The lowest BCUT2D eigenvalue weighted by atomic mass is 10.0. The highest BCUT2D eigenvalue weighted by atomic mass is 19.4. The summed E-state index contributed by atoms with van der Waals surface area (Å²) >= 11 is 0. The predicted octanol–water partition coefficient (Wildman–Crippen LogP) is 3.35. The van der Waals surface area contributed by atoms with E-state index in [0.717, 1.165) is 18.2 Å². The molecule has 146 valence electrons. The van der Waals surface area contributed by atoms with Crippen LogP contribution in [-0.4, -0.2) is 37.9 Å². The number of benzene rings is 1. The van der Waals surface area contributed by atoms with Gasteiger partial charge in [0.1, 0.15) is 5.75 Å². The van der Waals surface area contributed by atoms with E-state index >= 15 is 0 Å². The molecular formula is C16H17F5O5. The van der Waals surface area contributed by atoms with Crippen molar-refractivity contribution < 1.29 is 45.8 Å². The van der Waals surface area contributed by atoms with Gasteiger partial charge in [0, 0.05) is 5.56 Å². The van der Waals surface area contributed by atoms with Crippen LogP contribution in [0.25, 0.3) is 0 Å². The Morgan fingerprint density at radius 3 is 2.15 bits per heavy atom. The average molecular weight is 384 g/mol. The Kier molecular flexibility index (Phi) is 6.93. The van der Waals surface area contributed by atoms with Gasteiger partial charge in [-0.1, -0.05) is 13.0 Å². The standard InChI is InChI=1S/C16H17F5O5/c1-4-10-6-12(11(5-9(10)2)7-13(22)24-3)25-8-14(23)26-16(20,21)15(17,18)19/h5-6H,4,7-8H2,1-3H3. The van der Waals surface area contributed by atoms with Crippen LogP contribution < -0.4 is 4.74 Å². The van der Waals surface area contributed by atoms with E-state index in [1.165, 1.54) is 6.07 Å². The summed E-state index contributed by atoms with van der Waals surface area (Å²) in [6.45, 7) is 2.40. The number of esters is 2. The zero-order chi connectivity index (χ0) is 20.1. The Morgan fingerprint density at radius 2 is 1.65 bits per heavy atom. The molecule has 0 saturated heterocycles.